The summed E-state index contributed by atoms with van der Waals surface area (Å²) in [5.74, 6) is 0.551. The highest BCUT2D eigenvalue weighted by atomic mass is 32.2. The number of phenols is 2. The fraction of sp³-hybridized carbons (Fsp3) is 0.200. The van der Waals surface area contributed by atoms with Gasteiger partial charge >= 0.3 is 5.16 Å². The predicted molar refractivity (Wildman–Crippen MR) is 111 cm³/mol. The van der Waals surface area contributed by atoms with Gasteiger partial charge in [0.25, 0.3) is 11.7 Å². The Kier molecular flexibility index (Phi) is 6.50. The molecule has 0 bridgehead atoms. The molecule has 1 heterocycles. The van der Waals surface area contributed by atoms with Gasteiger partial charge in [0.1, 0.15) is 11.5 Å². The number of hydrogen-bond donors (Lipinski definition) is 4. The number of rotatable bonds is 7. The fourth-order valence-electron chi connectivity index (χ4n) is 2.63. The number of thioether (sulfide) groups is 1. The van der Waals surface area contributed by atoms with Gasteiger partial charge in [0, 0.05) is 11.6 Å². The number of carbonyl (C=O) groups excluding carboxylic acids is 1. The van der Waals surface area contributed by atoms with Crippen molar-refractivity contribution < 1.29 is 19.6 Å². The van der Waals surface area contributed by atoms with Gasteiger partial charge < -0.3 is 10.2 Å². The Hall–Kier alpha value is -3.33. The zero-order chi connectivity index (χ0) is 20.8. The van der Waals surface area contributed by atoms with E-state index in [1.807, 2.05) is 42.7 Å². The van der Waals surface area contributed by atoms with Gasteiger partial charge in [0.2, 0.25) is 0 Å². The predicted octanol–water partition coefficient (Wildman–Crippen LogP) is 2.35. The Morgan fingerprint density at radius 3 is 2.72 bits per heavy atom. The Morgan fingerprint density at radius 1 is 1.28 bits per heavy atom. The van der Waals surface area contributed by atoms with Crippen LogP contribution in [-0.2, 0) is 11.3 Å². The Morgan fingerprint density at radius 2 is 2.03 bits per heavy atom. The Bertz CT molecular complexity index is 1030. The van der Waals surface area contributed by atoms with Crippen LogP contribution in [0.3, 0.4) is 0 Å². The molecule has 3 aromatic rings. The molecule has 0 unspecified atom stereocenters. The maximum absolute atomic E-state index is 12.1. The van der Waals surface area contributed by atoms with Crippen molar-refractivity contribution in [3.63, 3.8) is 0 Å². The monoisotopic (exact) mass is 412 g/mol. The summed E-state index contributed by atoms with van der Waals surface area (Å²) in [5.41, 5.74) is 5.01. The van der Waals surface area contributed by atoms with Gasteiger partial charge in [-0.2, -0.15) is 5.10 Å². The van der Waals surface area contributed by atoms with E-state index in [9.17, 15) is 15.0 Å². The molecule has 0 aliphatic heterocycles. The molecule has 0 saturated carbocycles. The van der Waals surface area contributed by atoms with Gasteiger partial charge in [-0.25, -0.2) is 9.99 Å². The standard InChI is InChI=1S/C20H21N5O3S/c1-3-25-19(14-6-4-13(2)5-7-14)23-24-20(25)29-12-18(28)22-21-11-15-8-9-16(26)10-17(15)27/h4-11H,3,12H2,1-2H3,(H3,21,22,26,27,28)/p+1. The highest BCUT2D eigenvalue weighted by Crippen LogP contribution is 2.21. The van der Waals surface area contributed by atoms with Gasteiger partial charge in [0.15, 0.2) is 0 Å². The number of hydrazone groups is 1. The van der Waals surface area contributed by atoms with E-state index in [2.05, 4.69) is 20.7 Å². The first-order valence-electron chi connectivity index (χ1n) is 9.00. The molecular weight excluding hydrogens is 390 g/mol. The van der Waals surface area contributed by atoms with Crippen LogP contribution in [0.2, 0.25) is 0 Å². The quantitative estimate of drug-likeness (QED) is 0.206. The molecule has 4 N–H and O–H groups in total. The number of aromatic amines is 1. The van der Waals surface area contributed by atoms with Crippen LogP contribution in [-0.4, -0.2) is 38.3 Å². The van der Waals surface area contributed by atoms with Gasteiger partial charge in [-0.1, -0.05) is 17.7 Å². The lowest BCUT2D eigenvalue weighted by atomic mass is 10.1. The molecule has 3 rings (SSSR count). The summed E-state index contributed by atoms with van der Waals surface area (Å²) in [6.45, 7) is 4.77. The Balaban J connectivity index is 1.60. The molecule has 2 aromatic carbocycles. The van der Waals surface area contributed by atoms with Crippen LogP contribution in [0.15, 0.2) is 52.7 Å². The van der Waals surface area contributed by atoms with Gasteiger partial charge in [-0.3, -0.25) is 4.79 Å². The van der Waals surface area contributed by atoms with Crippen LogP contribution >= 0.6 is 11.8 Å². The lowest BCUT2D eigenvalue weighted by Gasteiger charge is -2.02. The maximum Gasteiger partial charge on any atom is 0.337 e. The van der Waals surface area contributed by atoms with E-state index in [-0.39, 0.29) is 23.2 Å². The number of benzene rings is 2. The second-order valence-corrected chi connectivity index (χ2v) is 7.23. The topological polar surface area (TPSA) is 114 Å². The van der Waals surface area contributed by atoms with Gasteiger partial charge in [-0.15, -0.1) is 5.10 Å². The first kappa shape index (κ1) is 20.4. The van der Waals surface area contributed by atoms with Crippen molar-refractivity contribution in [2.75, 3.05) is 5.75 Å². The molecule has 0 atom stereocenters. The van der Waals surface area contributed by atoms with Crippen LogP contribution in [0.4, 0.5) is 0 Å². The molecule has 0 spiro atoms. The van der Waals surface area contributed by atoms with Crippen LogP contribution in [0.1, 0.15) is 18.1 Å². The normalized spacial score (nSPS) is 11.1. The molecular formula is C20H22N5O3S+. The minimum absolute atomic E-state index is 0.0478. The fourth-order valence-corrected chi connectivity index (χ4v) is 3.44. The molecule has 0 aliphatic carbocycles. The third kappa shape index (κ3) is 5.14. The number of aryl methyl sites for hydroxylation is 1. The van der Waals surface area contributed by atoms with Crippen LogP contribution < -0.4 is 9.99 Å². The van der Waals surface area contributed by atoms with Crippen molar-refractivity contribution in [1.82, 2.24) is 15.6 Å². The van der Waals surface area contributed by atoms with E-state index < -0.39 is 0 Å². The number of hydrogen-bond acceptors (Lipinski definition) is 6. The summed E-state index contributed by atoms with van der Waals surface area (Å²) in [7, 11) is 0. The van der Waals surface area contributed by atoms with E-state index in [0.717, 1.165) is 11.4 Å². The summed E-state index contributed by atoms with van der Waals surface area (Å²) in [5, 5.41) is 30.9. The summed E-state index contributed by atoms with van der Waals surface area (Å²) >= 11 is 1.30. The minimum atomic E-state index is -0.299. The molecule has 150 valence electrons. The number of amides is 1. The molecule has 9 heteroatoms. The van der Waals surface area contributed by atoms with Crippen LogP contribution in [0, 0.1) is 6.92 Å². The molecule has 1 amide bonds. The van der Waals surface area contributed by atoms with Gasteiger partial charge in [0.05, 0.1) is 29.2 Å². The number of phenolic OH excluding ortho intramolecular Hbond substituents is 2. The minimum Gasteiger partial charge on any atom is -0.508 e. The average molecular weight is 412 g/mol. The first-order chi connectivity index (χ1) is 14.0. The molecule has 0 fully saturated rings. The number of nitrogens with one attached hydrogen (secondary N) is 2. The first-order valence-corrected chi connectivity index (χ1v) is 9.98. The third-order valence-electron chi connectivity index (χ3n) is 4.14. The summed E-state index contributed by atoms with van der Waals surface area (Å²) in [4.78, 5) is 12.1. The van der Waals surface area contributed by atoms with Crippen molar-refractivity contribution in [3.05, 3.63) is 53.6 Å². The second-order valence-electron chi connectivity index (χ2n) is 6.29. The number of aromatic nitrogens is 3. The van der Waals surface area contributed by atoms with Crippen molar-refractivity contribution in [1.29, 1.82) is 0 Å². The smallest absolute Gasteiger partial charge is 0.337 e. The van der Waals surface area contributed by atoms with E-state index in [1.165, 1.54) is 41.7 Å². The highest BCUT2D eigenvalue weighted by Gasteiger charge is 2.21. The van der Waals surface area contributed by atoms with Crippen molar-refractivity contribution >= 4 is 23.9 Å². The lowest BCUT2D eigenvalue weighted by molar-refractivity contribution is -0.719. The third-order valence-corrected chi connectivity index (χ3v) is 5.12. The summed E-state index contributed by atoms with van der Waals surface area (Å²) in [6.07, 6.45) is 1.31. The number of nitrogens with zero attached hydrogens (tertiary/aromatic N) is 3. The molecule has 0 saturated heterocycles. The van der Waals surface area contributed by atoms with Crippen LogP contribution in [0.25, 0.3) is 11.4 Å². The zero-order valence-electron chi connectivity index (χ0n) is 16.1. The van der Waals surface area contributed by atoms with Crippen LogP contribution in [0.5, 0.6) is 11.5 Å². The molecule has 0 aliphatic rings. The van der Waals surface area contributed by atoms with Crippen molar-refractivity contribution in [3.8, 4) is 22.9 Å². The molecule has 29 heavy (non-hydrogen) atoms. The Labute approximate surface area is 172 Å². The van der Waals surface area contributed by atoms with E-state index in [1.54, 1.807) is 0 Å². The number of H-pyrrole nitrogens is 1. The molecule has 1 aromatic heterocycles. The second kappa shape index (κ2) is 9.24. The number of aromatic hydroxyl groups is 2. The van der Waals surface area contributed by atoms with E-state index in [0.29, 0.717) is 17.3 Å². The largest absolute Gasteiger partial charge is 0.508 e. The lowest BCUT2D eigenvalue weighted by Crippen LogP contribution is -2.36. The average Bonchev–Trinajstić information content (AvgIpc) is 3.11. The SMILES string of the molecule is CC[n+]1c(SCC(=O)NN=Cc2ccc(O)cc2O)n[nH]c1-c1ccc(C)cc1. The van der Waals surface area contributed by atoms with Gasteiger partial charge in [-0.05, 0) is 49.9 Å². The summed E-state index contributed by atoms with van der Waals surface area (Å²) < 4.78 is 2.01. The van der Waals surface area contributed by atoms with Crippen molar-refractivity contribution in [2.24, 2.45) is 5.10 Å². The maximum atomic E-state index is 12.1. The molecule has 0 radical (unpaired) electrons. The number of carbonyl (C=O) groups is 1. The molecule has 8 nitrogen and oxygen atoms in total. The van der Waals surface area contributed by atoms with Crippen molar-refractivity contribution in [2.45, 2.75) is 25.5 Å². The summed E-state index contributed by atoms with van der Waals surface area (Å²) in [6, 6.07) is 12.3. The zero-order valence-corrected chi connectivity index (χ0v) is 16.9. The van der Waals surface area contributed by atoms with E-state index in [4.69, 9.17) is 0 Å². The highest BCUT2D eigenvalue weighted by molar-refractivity contribution is 7.99. The van der Waals surface area contributed by atoms with E-state index >= 15 is 0 Å².